The molecular formula is C30H45O8-. The molecule has 11 atom stereocenters. The number of carbonyl (C=O) groups is 4. The highest BCUT2D eigenvalue weighted by atomic mass is 16.6. The van der Waals surface area contributed by atoms with E-state index < -0.39 is 5.97 Å². The highest BCUT2D eigenvalue weighted by Gasteiger charge is 2.67. The number of rotatable bonds is 7. The van der Waals surface area contributed by atoms with Crippen molar-refractivity contribution < 1.29 is 38.5 Å². The lowest BCUT2D eigenvalue weighted by atomic mass is 9.43. The van der Waals surface area contributed by atoms with Gasteiger partial charge in [0, 0.05) is 38.1 Å². The maximum Gasteiger partial charge on any atom is 0.302 e. The molecule has 4 fully saturated rings. The van der Waals surface area contributed by atoms with Crippen LogP contribution in [-0.2, 0) is 33.4 Å². The predicted octanol–water partition coefficient (Wildman–Crippen LogP) is 3.83. The lowest BCUT2D eigenvalue weighted by Gasteiger charge is -2.64. The van der Waals surface area contributed by atoms with Gasteiger partial charge in [0.2, 0.25) is 0 Å². The number of aliphatic carboxylic acids is 1. The molecule has 0 heterocycles. The van der Waals surface area contributed by atoms with Gasteiger partial charge in [-0.25, -0.2) is 0 Å². The van der Waals surface area contributed by atoms with Gasteiger partial charge in [-0.15, -0.1) is 0 Å². The van der Waals surface area contributed by atoms with Crippen molar-refractivity contribution in [2.45, 2.75) is 118 Å². The van der Waals surface area contributed by atoms with Crippen LogP contribution in [0, 0.1) is 46.3 Å². The molecule has 38 heavy (non-hydrogen) atoms. The van der Waals surface area contributed by atoms with Crippen LogP contribution in [0.25, 0.3) is 0 Å². The van der Waals surface area contributed by atoms with E-state index in [0.29, 0.717) is 12.8 Å². The molecular weight excluding hydrogens is 488 g/mol. The molecule has 0 amide bonds. The zero-order chi connectivity index (χ0) is 28.0. The van der Waals surface area contributed by atoms with E-state index in [0.717, 1.165) is 38.5 Å². The van der Waals surface area contributed by atoms with Crippen LogP contribution < -0.4 is 5.11 Å². The molecule has 0 spiro atoms. The molecule has 8 heteroatoms. The third-order valence-corrected chi connectivity index (χ3v) is 11.2. The first-order valence-corrected chi connectivity index (χ1v) is 14.5. The summed E-state index contributed by atoms with van der Waals surface area (Å²) in [5.41, 5.74) is -0.384. The molecule has 0 aromatic rings. The van der Waals surface area contributed by atoms with E-state index in [2.05, 4.69) is 20.8 Å². The van der Waals surface area contributed by atoms with Crippen LogP contribution in [0.5, 0.6) is 0 Å². The van der Waals surface area contributed by atoms with E-state index in [1.165, 1.54) is 20.8 Å². The summed E-state index contributed by atoms with van der Waals surface area (Å²) in [6, 6.07) is 0. The Kier molecular flexibility index (Phi) is 8.21. The average Bonchev–Trinajstić information content (AvgIpc) is 3.16. The second-order valence-corrected chi connectivity index (χ2v) is 13.2. The SMILES string of the molecule is CC(=O)O[C@@H]1CC[C@@]2(C)[C@@H](C1)C[C@@H](OC(C)=O)[C@H]1[C@@H]2C[C@@H](OC(C)=O)[C@]2(C)C([C@H](C)CCC(=O)[O-])CC[C@@H]12. The van der Waals surface area contributed by atoms with Crippen LogP contribution in [0.3, 0.4) is 0 Å². The van der Waals surface area contributed by atoms with E-state index in [4.69, 9.17) is 14.2 Å². The number of esters is 3. The van der Waals surface area contributed by atoms with Gasteiger partial charge in [0.05, 0.1) is 0 Å². The molecule has 4 aliphatic carbocycles. The van der Waals surface area contributed by atoms with Gasteiger partial charge in [0.15, 0.2) is 0 Å². The van der Waals surface area contributed by atoms with Crippen molar-refractivity contribution in [3.63, 3.8) is 0 Å². The van der Waals surface area contributed by atoms with Gasteiger partial charge in [-0.3, -0.25) is 14.4 Å². The summed E-state index contributed by atoms with van der Waals surface area (Å²) in [6.07, 6.45) is 5.65. The molecule has 0 bridgehead atoms. The van der Waals surface area contributed by atoms with Crippen LogP contribution >= 0.6 is 0 Å². The van der Waals surface area contributed by atoms with Gasteiger partial charge >= 0.3 is 17.9 Å². The second-order valence-electron chi connectivity index (χ2n) is 13.2. The van der Waals surface area contributed by atoms with E-state index in [-0.39, 0.29) is 89.0 Å². The minimum Gasteiger partial charge on any atom is -0.550 e. The lowest BCUT2D eigenvalue weighted by Crippen LogP contribution is -2.63. The quantitative estimate of drug-likeness (QED) is 0.358. The van der Waals surface area contributed by atoms with Gasteiger partial charge in [-0.05, 0) is 92.8 Å². The Morgan fingerprint density at radius 2 is 1.53 bits per heavy atom. The van der Waals surface area contributed by atoms with Crippen molar-refractivity contribution in [1.82, 2.24) is 0 Å². The highest BCUT2D eigenvalue weighted by molar-refractivity contribution is 5.67. The van der Waals surface area contributed by atoms with Crippen LogP contribution in [0.15, 0.2) is 0 Å². The molecule has 1 unspecified atom stereocenters. The van der Waals surface area contributed by atoms with E-state index in [1.54, 1.807) is 0 Å². The fourth-order valence-electron chi connectivity index (χ4n) is 9.66. The van der Waals surface area contributed by atoms with Crippen LogP contribution in [-0.4, -0.2) is 42.2 Å². The molecule has 8 nitrogen and oxygen atoms in total. The maximum atomic E-state index is 12.4. The fourth-order valence-corrected chi connectivity index (χ4v) is 9.66. The summed E-state index contributed by atoms with van der Waals surface area (Å²) in [5.74, 6) is -0.805. The molecule has 0 aromatic carbocycles. The number of hydrogen-bond acceptors (Lipinski definition) is 8. The smallest absolute Gasteiger partial charge is 0.302 e. The van der Waals surface area contributed by atoms with Crippen molar-refractivity contribution in [2.24, 2.45) is 46.3 Å². The molecule has 214 valence electrons. The normalized spacial score (nSPS) is 42.6. The first-order chi connectivity index (χ1) is 17.8. The molecule has 0 saturated heterocycles. The van der Waals surface area contributed by atoms with Crippen molar-refractivity contribution >= 4 is 23.9 Å². The zero-order valence-electron chi connectivity index (χ0n) is 23.8. The number of fused-ring (bicyclic) bond motifs is 5. The van der Waals surface area contributed by atoms with Crippen LogP contribution in [0.2, 0.25) is 0 Å². The number of hydrogen-bond donors (Lipinski definition) is 0. The number of carboxylic acid groups (broad SMARTS) is 1. The summed E-state index contributed by atoms with van der Waals surface area (Å²) < 4.78 is 17.8. The largest absolute Gasteiger partial charge is 0.550 e. The summed E-state index contributed by atoms with van der Waals surface area (Å²) in [6.45, 7) is 11.1. The monoisotopic (exact) mass is 533 g/mol. The van der Waals surface area contributed by atoms with Gasteiger partial charge in [0.1, 0.15) is 18.3 Å². The summed E-state index contributed by atoms with van der Waals surface area (Å²) in [4.78, 5) is 47.6. The molecule has 0 aromatic heterocycles. The first kappa shape index (κ1) is 28.9. The van der Waals surface area contributed by atoms with Crippen LogP contribution in [0.4, 0.5) is 0 Å². The second kappa shape index (κ2) is 10.8. The molecule has 0 N–H and O–H groups in total. The van der Waals surface area contributed by atoms with Gasteiger partial charge in [-0.1, -0.05) is 20.8 Å². The summed E-state index contributed by atoms with van der Waals surface area (Å²) >= 11 is 0. The Morgan fingerprint density at radius 1 is 0.868 bits per heavy atom. The minimum atomic E-state index is -1.04. The predicted molar refractivity (Wildman–Crippen MR) is 136 cm³/mol. The molecule has 4 rings (SSSR count). The number of carboxylic acids is 1. The average molecular weight is 534 g/mol. The Bertz CT molecular complexity index is 947. The van der Waals surface area contributed by atoms with Crippen molar-refractivity contribution in [2.75, 3.05) is 0 Å². The third-order valence-electron chi connectivity index (χ3n) is 11.2. The van der Waals surface area contributed by atoms with Gasteiger partial charge in [0.25, 0.3) is 0 Å². The molecule has 4 aliphatic rings. The Hall–Kier alpha value is -2.12. The van der Waals surface area contributed by atoms with E-state index >= 15 is 0 Å². The zero-order valence-corrected chi connectivity index (χ0v) is 23.8. The Labute approximate surface area is 226 Å². The fraction of sp³-hybridized carbons (Fsp3) is 0.867. The Balaban J connectivity index is 1.71. The number of ether oxygens (including phenoxy) is 3. The van der Waals surface area contributed by atoms with Crippen molar-refractivity contribution in [3.05, 3.63) is 0 Å². The van der Waals surface area contributed by atoms with Gasteiger partial charge in [-0.2, -0.15) is 0 Å². The third kappa shape index (κ3) is 5.21. The van der Waals surface area contributed by atoms with Crippen molar-refractivity contribution in [1.29, 1.82) is 0 Å². The topological polar surface area (TPSA) is 119 Å². The molecule has 0 radical (unpaired) electrons. The number of carbonyl (C=O) groups excluding carboxylic acids is 4. The first-order valence-electron chi connectivity index (χ1n) is 14.5. The van der Waals surface area contributed by atoms with Gasteiger partial charge < -0.3 is 24.1 Å². The van der Waals surface area contributed by atoms with Crippen molar-refractivity contribution in [3.8, 4) is 0 Å². The van der Waals surface area contributed by atoms with E-state index in [1.807, 2.05) is 0 Å². The maximum absolute atomic E-state index is 12.4. The van der Waals surface area contributed by atoms with Crippen LogP contribution in [0.1, 0.15) is 99.3 Å². The standard InChI is InChI=1S/C30H46O8/c1-16(7-10-27(34)35)22-8-9-23-28-24(15-26(30(22,23)6)38-19(4)33)29(5)12-11-21(36-17(2)31)13-20(29)14-25(28)37-18(3)32/h16,20-26,28H,7-15H2,1-6H3,(H,34,35)/p-1/t16-,20+,21-,22?,23+,24+,25-,26-,28-,29+,30-/m1/s1. The highest BCUT2D eigenvalue weighted by Crippen LogP contribution is 2.69. The summed E-state index contributed by atoms with van der Waals surface area (Å²) in [7, 11) is 0. The molecule has 4 saturated carbocycles. The minimum absolute atomic E-state index is 0.0159. The molecule has 0 aliphatic heterocycles. The Morgan fingerprint density at radius 3 is 2.13 bits per heavy atom. The lowest BCUT2D eigenvalue weighted by molar-refractivity contribution is -0.306. The summed E-state index contributed by atoms with van der Waals surface area (Å²) in [5, 5.41) is 11.2. The van der Waals surface area contributed by atoms with E-state index in [9.17, 15) is 24.3 Å².